The summed E-state index contributed by atoms with van der Waals surface area (Å²) in [5.74, 6) is 0.507. The molecule has 11 heavy (non-hydrogen) atoms. The summed E-state index contributed by atoms with van der Waals surface area (Å²) in [5, 5.41) is 9.47. The molecule has 0 aromatic carbocycles. The molecule has 1 rings (SSSR count). The second kappa shape index (κ2) is 4.22. The van der Waals surface area contributed by atoms with Gasteiger partial charge in [-0.25, -0.2) is 0 Å². The molecule has 0 aromatic heterocycles. The Morgan fingerprint density at radius 3 is 2.45 bits per heavy atom. The van der Waals surface area contributed by atoms with E-state index in [1.165, 1.54) is 24.8 Å². The maximum absolute atomic E-state index is 9.47. The fraction of sp³-hybridized carbons (Fsp3) is 0.600. The molecular weight excluding hydrogens is 136 g/mol. The van der Waals surface area contributed by atoms with Crippen molar-refractivity contribution in [3.8, 4) is 0 Å². The summed E-state index contributed by atoms with van der Waals surface area (Å²) in [7, 11) is 0. The minimum absolute atomic E-state index is 0.507. The maximum atomic E-state index is 9.47. The van der Waals surface area contributed by atoms with Crippen molar-refractivity contribution >= 4 is 0 Å². The summed E-state index contributed by atoms with van der Waals surface area (Å²) in [6.07, 6.45) is 9.68. The van der Waals surface area contributed by atoms with Gasteiger partial charge in [0.25, 0.3) is 0 Å². The zero-order valence-electron chi connectivity index (χ0n) is 7.14. The van der Waals surface area contributed by atoms with E-state index in [0.29, 0.717) is 5.76 Å². The van der Waals surface area contributed by atoms with E-state index in [9.17, 15) is 5.11 Å². The number of aliphatic hydroxyl groups is 1. The fourth-order valence-electron chi connectivity index (χ4n) is 1.51. The zero-order valence-corrected chi connectivity index (χ0v) is 7.14. The topological polar surface area (TPSA) is 20.2 Å². The third-order valence-electron chi connectivity index (χ3n) is 2.14. The quantitative estimate of drug-likeness (QED) is 0.571. The molecular formula is C10H16O. The van der Waals surface area contributed by atoms with Crippen molar-refractivity contribution in [2.75, 3.05) is 0 Å². The number of hydrogen-bond acceptors (Lipinski definition) is 1. The summed E-state index contributed by atoms with van der Waals surface area (Å²) >= 11 is 0. The predicted molar refractivity (Wildman–Crippen MR) is 47.6 cm³/mol. The molecule has 1 nitrogen and oxygen atoms in total. The summed E-state index contributed by atoms with van der Waals surface area (Å²) in [5.41, 5.74) is 1.24. The Hall–Kier alpha value is -0.720. The minimum Gasteiger partial charge on any atom is -0.508 e. The lowest BCUT2D eigenvalue weighted by Crippen LogP contribution is -1.96. The van der Waals surface area contributed by atoms with Gasteiger partial charge in [0, 0.05) is 0 Å². The van der Waals surface area contributed by atoms with Crippen molar-refractivity contribution in [2.24, 2.45) is 0 Å². The van der Waals surface area contributed by atoms with Crippen LogP contribution in [0.3, 0.4) is 0 Å². The van der Waals surface area contributed by atoms with Crippen molar-refractivity contribution in [3.63, 3.8) is 0 Å². The first-order valence-corrected chi connectivity index (χ1v) is 4.38. The highest BCUT2D eigenvalue weighted by molar-refractivity contribution is 5.19. The first kappa shape index (κ1) is 8.38. The molecule has 62 valence electrons. The monoisotopic (exact) mass is 152 g/mol. The Bertz CT molecular complexity index is 169. The molecule has 0 radical (unpaired) electrons. The highest BCUT2D eigenvalue weighted by Gasteiger charge is 2.08. The number of allylic oxidation sites excluding steroid dienone is 3. The molecule has 0 heterocycles. The highest BCUT2D eigenvalue weighted by atomic mass is 16.3. The van der Waals surface area contributed by atoms with Crippen molar-refractivity contribution in [2.45, 2.75) is 39.0 Å². The molecule has 0 atom stereocenters. The second-order valence-corrected chi connectivity index (χ2v) is 3.05. The van der Waals surface area contributed by atoms with Crippen molar-refractivity contribution in [1.82, 2.24) is 0 Å². The van der Waals surface area contributed by atoms with Crippen LogP contribution in [-0.4, -0.2) is 5.11 Å². The molecule has 1 saturated carbocycles. The largest absolute Gasteiger partial charge is 0.508 e. The summed E-state index contributed by atoms with van der Waals surface area (Å²) in [6, 6.07) is 0. The first-order chi connectivity index (χ1) is 5.34. The van der Waals surface area contributed by atoms with Gasteiger partial charge < -0.3 is 5.11 Å². The average Bonchev–Trinajstić information content (AvgIpc) is 2.07. The second-order valence-electron chi connectivity index (χ2n) is 3.05. The van der Waals surface area contributed by atoms with Crippen LogP contribution in [0.4, 0.5) is 0 Å². The van der Waals surface area contributed by atoms with Crippen LogP contribution in [0.15, 0.2) is 23.5 Å². The molecule has 0 bridgehead atoms. The van der Waals surface area contributed by atoms with E-state index in [0.717, 1.165) is 12.8 Å². The van der Waals surface area contributed by atoms with Gasteiger partial charge in [-0.3, -0.25) is 0 Å². The summed E-state index contributed by atoms with van der Waals surface area (Å²) < 4.78 is 0. The lowest BCUT2D eigenvalue weighted by molar-refractivity contribution is 0.410. The minimum atomic E-state index is 0.507. The van der Waals surface area contributed by atoms with Crippen molar-refractivity contribution < 1.29 is 5.11 Å². The van der Waals surface area contributed by atoms with Crippen LogP contribution in [0.5, 0.6) is 0 Å². The number of hydrogen-bond donors (Lipinski definition) is 1. The van der Waals surface area contributed by atoms with Gasteiger partial charge in [0.05, 0.1) is 0 Å². The van der Waals surface area contributed by atoms with E-state index in [1.54, 1.807) is 6.08 Å². The normalized spacial score (nSPS) is 19.2. The van der Waals surface area contributed by atoms with Crippen LogP contribution in [0.2, 0.25) is 0 Å². The van der Waals surface area contributed by atoms with Crippen LogP contribution < -0.4 is 0 Å². The maximum Gasteiger partial charge on any atom is 0.114 e. The smallest absolute Gasteiger partial charge is 0.114 e. The van der Waals surface area contributed by atoms with E-state index in [-0.39, 0.29) is 0 Å². The molecule has 0 amide bonds. The molecule has 1 aliphatic carbocycles. The summed E-state index contributed by atoms with van der Waals surface area (Å²) in [6.45, 7) is 1.93. The predicted octanol–water partition coefficient (Wildman–Crippen LogP) is 3.34. The molecule has 0 unspecified atom stereocenters. The van der Waals surface area contributed by atoms with Gasteiger partial charge in [-0.15, -0.1) is 0 Å². The Balaban J connectivity index is 2.60. The molecule has 1 aliphatic rings. The molecule has 0 aromatic rings. The Morgan fingerprint density at radius 2 is 1.91 bits per heavy atom. The van der Waals surface area contributed by atoms with E-state index < -0.39 is 0 Å². The van der Waals surface area contributed by atoms with Gasteiger partial charge >= 0.3 is 0 Å². The van der Waals surface area contributed by atoms with Gasteiger partial charge in [0.15, 0.2) is 0 Å². The lowest BCUT2D eigenvalue weighted by Gasteiger charge is -2.13. The van der Waals surface area contributed by atoms with Gasteiger partial charge in [0.1, 0.15) is 5.76 Å². The van der Waals surface area contributed by atoms with Crippen LogP contribution in [0.1, 0.15) is 39.0 Å². The lowest BCUT2D eigenvalue weighted by atomic mass is 9.94. The van der Waals surface area contributed by atoms with Crippen molar-refractivity contribution in [1.29, 1.82) is 0 Å². The molecule has 1 heteroatoms. The Kier molecular flexibility index (Phi) is 3.21. The molecule has 0 spiro atoms. The van der Waals surface area contributed by atoms with Gasteiger partial charge in [-0.1, -0.05) is 12.5 Å². The SMILES string of the molecule is CC=CC(O)=C1CCCCC1. The van der Waals surface area contributed by atoms with E-state index in [2.05, 4.69) is 0 Å². The fourth-order valence-corrected chi connectivity index (χ4v) is 1.51. The van der Waals surface area contributed by atoms with Crippen LogP contribution in [0, 0.1) is 0 Å². The highest BCUT2D eigenvalue weighted by Crippen LogP contribution is 2.25. The van der Waals surface area contributed by atoms with Gasteiger partial charge in [0.2, 0.25) is 0 Å². The van der Waals surface area contributed by atoms with Gasteiger partial charge in [-0.05, 0) is 44.3 Å². The summed E-state index contributed by atoms with van der Waals surface area (Å²) in [4.78, 5) is 0. The van der Waals surface area contributed by atoms with Crippen LogP contribution in [0.25, 0.3) is 0 Å². The van der Waals surface area contributed by atoms with Crippen molar-refractivity contribution in [3.05, 3.63) is 23.5 Å². The third-order valence-corrected chi connectivity index (χ3v) is 2.14. The number of aliphatic hydroxyl groups excluding tert-OH is 1. The van der Waals surface area contributed by atoms with Crippen LogP contribution in [-0.2, 0) is 0 Å². The van der Waals surface area contributed by atoms with Gasteiger partial charge in [-0.2, -0.15) is 0 Å². The first-order valence-electron chi connectivity index (χ1n) is 4.38. The zero-order chi connectivity index (χ0) is 8.10. The van der Waals surface area contributed by atoms with Crippen LogP contribution >= 0.6 is 0 Å². The molecule has 1 N–H and O–H groups in total. The third kappa shape index (κ3) is 2.41. The number of rotatable bonds is 1. The average molecular weight is 152 g/mol. The van der Waals surface area contributed by atoms with E-state index >= 15 is 0 Å². The van der Waals surface area contributed by atoms with E-state index in [1.807, 2.05) is 13.0 Å². The molecule has 1 fully saturated rings. The Labute approximate surface area is 68.4 Å². The standard InChI is InChI=1S/C10H16O/c1-2-6-10(11)9-7-4-3-5-8-9/h2,6,11H,3-5,7-8H2,1H3. The molecule has 0 aliphatic heterocycles. The molecule has 0 saturated heterocycles. The van der Waals surface area contributed by atoms with E-state index in [4.69, 9.17) is 0 Å². The Morgan fingerprint density at radius 1 is 1.27 bits per heavy atom.